The Bertz CT molecular complexity index is 338. The Morgan fingerprint density at radius 3 is 2.12 bits per heavy atom. The van der Waals surface area contributed by atoms with E-state index in [1.807, 2.05) is 0 Å². The molecule has 0 aliphatic rings. The minimum absolute atomic E-state index is 0.295. The van der Waals surface area contributed by atoms with Crippen molar-refractivity contribution < 1.29 is 0 Å². The molecule has 1 aromatic carbocycles. The molecule has 0 spiro atoms. The van der Waals surface area contributed by atoms with E-state index in [2.05, 4.69) is 57.8 Å². The second-order valence-electron chi connectivity index (χ2n) is 5.46. The fourth-order valence-electron chi connectivity index (χ4n) is 1.98. The third-order valence-corrected chi connectivity index (χ3v) is 3.30. The number of hydrogen-bond acceptors (Lipinski definition) is 2. The lowest BCUT2D eigenvalue weighted by Gasteiger charge is -2.23. The average molecular weight is 234 g/mol. The predicted molar refractivity (Wildman–Crippen MR) is 76.6 cm³/mol. The van der Waals surface area contributed by atoms with Crippen molar-refractivity contribution in [2.24, 2.45) is 11.7 Å². The molecule has 0 fully saturated rings. The van der Waals surface area contributed by atoms with Crippen molar-refractivity contribution in [2.45, 2.75) is 40.2 Å². The van der Waals surface area contributed by atoms with Crippen molar-refractivity contribution >= 4 is 5.69 Å². The quantitative estimate of drug-likeness (QED) is 0.848. The molecule has 0 aliphatic carbocycles. The summed E-state index contributed by atoms with van der Waals surface area (Å²) < 4.78 is 0. The zero-order valence-electron chi connectivity index (χ0n) is 11.8. The van der Waals surface area contributed by atoms with E-state index in [1.165, 1.54) is 16.8 Å². The van der Waals surface area contributed by atoms with Crippen LogP contribution in [-0.4, -0.2) is 19.6 Å². The second-order valence-corrected chi connectivity index (χ2v) is 5.46. The molecule has 0 saturated heterocycles. The maximum atomic E-state index is 6.08. The predicted octanol–water partition coefficient (Wildman–Crippen LogP) is 3.11. The Kier molecular flexibility index (Phi) is 5.01. The average Bonchev–Trinajstić information content (AvgIpc) is 2.23. The molecule has 96 valence electrons. The summed E-state index contributed by atoms with van der Waals surface area (Å²) in [7, 11) is 2.14. The van der Waals surface area contributed by atoms with Crippen molar-refractivity contribution in [1.82, 2.24) is 0 Å². The van der Waals surface area contributed by atoms with Gasteiger partial charge in [-0.05, 0) is 49.4 Å². The SMILES string of the molecule is Cc1cc(C)cc(N(C)CCC(N)C(C)C)c1. The second kappa shape index (κ2) is 6.06. The van der Waals surface area contributed by atoms with E-state index in [-0.39, 0.29) is 0 Å². The minimum atomic E-state index is 0.295. The summed E-state index contributed by atoms with van der Waals surface area (Å²) in [5.74, 6) is 0.558. The van der Waals surface area contributed by atoms with Crippen LogP contribution in [0.15, 0.2) is 18.2 Å². The van der Waals surface area contributed by atoms with Crippen molar-refractivity contribution in [3.63, 3.8) is 0 Å². The first kappa shape index (κ1) is 14.0. The maximum absolute atomic E-state index is 6.08. The first-order valence-corrected chi connectivity index (χ1v) is 6.45. The number of nitrogens with zero attached hydrogens (tertiary/aromatic N) is 1. The fraction of sp³-hybridized carbons (Fsp3) is 0.600. The van der Waals surface area contributed by atoms with Crippen LogP contribution in [0.2, 0.25) is 0 Å². The molecule has 1 aromatic rings. The highest BCUT2D eigenvalue weighted by atomic mass is 15.1. The summed E-state index contributed by atoms with van der Waals surface area (Å²) in [4.78, 5) is 2.29. The normalized spacial score (nSPS) is 12.9. The molecule has 0 heterocycles. The summed E-state index contributed by atoms with van der Waals surface area (Å²) >= 11 is 0. The molecule has 17 heavy (non-hydrogen) atoms. The van der Waals surface area contributed by atoms with E-state index in [0.29, 0.717) is 12.0 Å². The number of aryl methyl sites for hydroxylation is 2. The molecule has 0 bridgehead atoms. The highest BCUT2D eigenvalue weighted by Gasteiger charge is 2.09. The van der Waals surface area contributed by atoms with Gasteiger partial charge in [0, 0.05) is 25.3 Å². The van der Waals surface area contributed by atoms with Gasteiger partial charge in [0.15, 0.2) is 0 Å². The molecule has 0 amide bonds. The van der Waals surface area contributed by atoms with Crippen LogP contribution in [-0.2, 0) is 0 Å². The molecule has 0 aliphatic heterocycles. The van der Waals surface area contributed by atoms with Crippen molar-refractivity contribution in [1.29, 1.82) is 0 Å². The third kappa shape index (κ3) is 4.39. The van der Waals surface area contributed by atoms with E-state index < -0.39 is 0 Å². The molecule has 2 heteroatoms. The highest BCUT2D eigenvalue weighted by molar-refractivity contribution is 5.50. The van der Waals surface area contributed by atoms with Gasteiger partial charge < -0.3 is 10.6 Å². The van der Waals surface area contributed by atoms with Crippen LogP contribution in [0.5, 0.6) is 0 Å². The van der Waals surface area contributed by atoms with Crippen LogP contribution in [0.3, 0.4) is 0 Å². The number of benzene rings is 1. The van der Waals surface area contributed by atoms with Gasteiger partial charge in [-0.15, -0.1) is 0 Å². The van der Waals surface area contributed by atoms with Crippen LogP contribution in [0.4, 0.5) is 5.69 Å². The largest absolute Gasteiger partial charge is 0.375 e. The summed E-state index contributed by atoms with van der Waals surface area (Å²) in [6.07, 6.45) is 1.04. The van der Waals surface area contributed by atoms with Crippen LogP contribution in [0.1, 0.15) is 31.4 Å². The van der Waals surface area contributed by atoms with Crippen LogP contribution >= 0.6 is 0 Å². The summed E-state index contributed by atoms with van der Waals surface area (Å²) in [5.41, 5.74) is 10.0. The van der Waals surface area contributed by atoms with E-state index >= 15 is 0 Å². The lowest BCUT2D eigenvalue weighted by atomic mass is 10.0. The number of rotatable bonds is 5. The van der Waals surface area contributed by atoms with Gasteiger partial charge >= 0.3 is 0 Å². The van der Waals surface area contributed by atoms with Gasteiger partial charge in [0.25, 0.3) is 0 Å². The molecule has 0 aromatic heterocycles. The first-order valence-electron chi connectivity index (χ1n) is 6.45. The Morgan fingerprint density at radius 1 is 1.12 bits per heavy atom. The van der Waals surface area contributed by atoms with Gasteiger partial charge in [-0.1, -0.05) is 19.9 Å². The number of hydrogen-bond donors (Lipinski definition) is 1. The monoisotopic (exact) mass is 234 g/mol. The lowest BCUT2D eigenvalue weighted by molar-refractivity contribution is 0.466. The van der Waals surface area contributed by atoms with Crippen molar-refractivity contribution in [3.8, 4) is 0 Å². The molecular formula is C15H26N2. The summed E-state index contributed by atoms with van der Waals surface area (Å²) in [6, 6.07) is 6.96. The Morgan fingerprint density at radius 2 is 1.65 bits per heavy atom. The lowest BCUT2D eigenvalue weighted by Crippen LogP contribution is -2.31. The molecule has 2 nitrogen and oxygen atoms in total. The molecule has 0 saturated carbocycles. The zero-order chi connectivity index (χ0) is 13.0. The van der Waals surface area contributed by atoms with Gasteiger partial charge in [0.1, 0.15) is 0 Å². The van der Waals surface area contributed by atoms with Crippen molar-refractivity contribution in [3.05, 3.63) is 29.3 Å². The van der Waals surface area contributed by atoms with Crippen LogP contribution < -0.4 is 10.6 Å². The van der Waals surface area contributed by atoms with Crippen LogP contribution in [0, 0.1) is 19.8 Å². The van der Waals surface area contributed by atoms with Gasteiger partial charge in [0.05, 0.1) is 0 Å². The van der Waals surface area contributed by atoms with E-state index in [9.17, 15) is 0 Å². The summed E-state index contributed by atoms with van der Waals surface area (Å²) in [5, 5.41) is 0. The molecule has 2 N–H and O–H groups in total. The molecular weight excluding hydrogens is 208 g/mol. The van der Waals surface area contributed by atoms with Gasteiger partial charge in [-0.2, -0.15) is 0 Å². The molecule has 1 unspecified atom stereocenters. The van der Waals surface area contributed by atoms with Crippen molar-refractivity contribution in [2.75, 3.05) is 18.5 Å². The Hall–Kier alpha value is -1.02. The van der Waals surface area contributed by atoms with E-state index in [0.717, 1.165) is 13.0 Å². The summed E-state index contributed by atoms with van der Waals surface area (Å²) in [6.45, 7) is 9.67. The standard InChI is InChI=1S/C15H26N2/c1-11(2)15(16)6-7-17(5)14-9-12(3)8-13(4)10-14/h8-11,15H,6-7,16H2,1-5H3. The number of nitrogens with two attached hydrogens (primary N) is 1. The maximum Gasteiger partial charge on any atom is 0.0368 e. The van der Waals surface area contributed by atoms with Crippen LogP contribution in [0.25, 0.3) is 0 Å². The van der Waals surface area contributed by atoms with E-state index in [1.54, 1.807) is 0 Å². The van der Waals surface area contributed by atoms with Gasteiger partial charge in [-0.25, -0.2) is 0 Å². The Labute approximate surface area is 106 Å². The highest BCUT2D eigenvalue weighted by Crippen LogP contribution is 2.18. The molecule has 1 atom stereocenters. The van der Waals surface area contributed by atoms with Gasteiger partial charge in [-0.3, -0.25) is 0 Å². The molecule has 1 rings (SSSR count). The Balaban J connectivity index is 2.60. The molecule has 0 radical (unpaired) electrons. The minimum Gasteiger partial charge on any atom is -0.375 e. The third-order valence-electron chi connectivity index (χ3n) is 3.30. The van der Waals surface area contributed by atoms with E-state index in [4.69, 9.17) is 5.73 Å². The smallest absolute Gasteiger partial charge is 0.0368 e. The topological polar surface area (TPSA) is 29.3 Å². The first-order chi connectivity index (χ1) is 7.90. The fourth-order valence-corrected chi connectivity index (χ4v) is 1.98. The zero-order valence-corrected chi connectivity index (χ0v) is 11.8. The van der Waals surface area contributed by atoms with Gasteiger partial charge in [0.2, 0.25) is 0 Å². The number of anilines is 1.